The van der Waals surface area contributed by atoms with E-state index < -0.39 is 0 Å². The number of aryl methyl sites for hydroxylation is 1. The van der Waals surface area contributed by atoms with Crippen LogP contribution in [0.25, 0.3) is 6.08 Å². The van der Waals surface area contributed by atoms with E-state index in [-0.39, 0.29) is 24.7 Å². The van der Waals surface area contributed by atoms with Crippen molar-refractivity contribution < 1.29 is 9.59 Å². The number of hydrazone groups is 1. The Morgan fingerprint density at radius 2 is 1.81 bits per heavy atom. The van der Waals surface area contributed by atoms with Gasteiger partial charge in [0.15, 0.2) is 0 Å². The Labute approximate surface area is 157 Å². The van der Waals surface area contributed by atoms with Crippen molar-refractivity contribution in [3.8, 4) is 0 Å². The Morgan fingerprint density at radius 3 is 2.54 bits per heavy atom. The van der Waals surface area contributed by atoms with E-state index in [2.05, 4.69) is 15.8 Å². The van der Waals surface area contributed by atoms with Gasteiger partial charge in [-0.25, -0.2) is 5.43 Å². The number of carbonyl (C=O) groups excluding carboxylic acids is 2. The number of nitrogens with one attached hydrogen (secondary N) is 2. The lowest BCUT2D eigenvalue weighted by molar-refractivity contribution is -0.124. The zero-order chi connectivity index (χ0) is 18.8. The van der Waals surface area contributed by atoms with Crippen LogP contribution in [0.5, 0.6) is 0 Å². The first-order chi connectivity index (χ1) is 12.5. The van der Waals surface area contributed by atoms with Gasteiger partial charge in [0.05, 0.1) is 0 Å². The summed E-state index contributed by atoms with van der Waals surface area (Å²) < 4.78 is 0. The summed E-state index contributed by atoms with van der Waals surface area (Å²) in [4.78, 5) is 23.6. The Hall–Kier alpha value is -2.92. The summed E-state index contributed by atoms with van der Waals surface area (Å²) in [6.45, 7) is 1.85. The molecule has 5 nitrogen and oxygen atoms in total. The minimum Gasteiger partial charge on any atom is -0.326 e. The number of nitrogens with zero attached hydrogens (tertiary/aromatic N) is 1. The maximum absolute atomic E-state index is 11.9. The highest BCUT2D eigenvalue weighted by Gasteiger charge is 2.08. The summed E-state index contributed by atoms with van der Waals surface area (Å²) in [6, 6.07) is 14.9. The molecule has 2 rings (SSSR count). The molecule has 2 N–H and O–H groups in total. The maximum Gasteiger partial charge on any atom is 0.240 e. The highest BCUT2D eigenvalue weighted by molar-refractivity contribution is 6.30. The minimum absolute atomic E-state index is 0.0538. The van der Waals surface area contributed by atoms with Gasteiger partial charge in [0.1, 0.15) is 0 Å². The van der Waals surface area contributed by atoms with E-state index in [9.17, 15) is 9.59 Å². The second kappa shape index (κ2) is 10.2. The highest BCUT2D eigenvalue weighted by atomic mass is 35.5. The molecule has 0 spiro atoms. The van der Waals surface area contributed by atoms with Gasteiger partial charge >= 0.3 is 0 Å². The molecule has 2 aromatic rings. The molecule has 134 valence electrons. The van der Waals surface area contributed by atoms with E-state index in [4.69, 9.17) is 11.6 Å². The molecule has 0 aliphatic rings. The van der Waals surface area contributed by atoms with Crippen molar-refractivity contribution in [3.05, 3.63) is 70.8 Å². The zero-order valence-electron chi connectivity index (χ0n) is 14.4. The van der Waals surface area contributed by atoms with Crippen LogP contribution in [0, 0.1) is 6.92 Å². The molecule has 0 atom stereocenters. The predicted molar refractivity (Wildman–Crippen MR) is 106 cm³/mol. The van der Waals surface area contributed by atoms with E-state index in [1.54, 1.807) is 24.3 Å². The number of amides is 2. The molecule has 0 fully saturated rings. The Balaban J connectivity index is 1.70. The Morgan fingerprint density at radius 1 is 1.08 bits per heavy atom. The molecule has 0 bridgehead atoms. The smallest absolute Gasteiger partial charge is 0.240 e. The first-order valence-corrected chi connectivity index (χ1v) is 8.52. The van der Waals surface area contributed by atoms with E-state index in [0.29, 0.717) is 10.7 Å². The molecule has 6 heteroatoms. The van der Waals surface area contributed by atoms with E-state index in [0.717, 1.165) is 11.1 Å². The topological polar surface area (TPSA) is 70.6 Å². The molecule has 0 unspecified atom stereocenters. The third-order valence-electron chi connectivity index (χ3n) is 3.48. The number of carbonyl (C=O) groups is 2. The van der Waals surface area contributed by atoms with Gasteiger partial charge in [-0.15, -0.1) is 0 Å². The maximum atomic E-state index is 11.9. The number of rotatable bonds is 7. The van der Waals surface area contributed by atoms with Crippen LogP contribution >= 0.6 is 11.6 Å². The van der Waals surface area contributed by atoms with E-state index in [1.165, 1.54) is 6.21 Å². The molecule has 0 aliphatic heterocycles. The van der Waals surface area contributed by atoms with Crippen LogP contribution in [0.15, 0.2) is 59.7 Å². The minimum atomic E-state index is -0.322. The summed E-state index contributed by atoms with van der Waals surface area (Å²) in [6.07, 6.45) is 5.21. The van der Waals surface area contributed by atoms with E-state index in [1.807, 2.05) is 43.3 Å². The Kier molecular flexibility index (Phi) is 7.58. The lowest BCUT2D eigenvalue weighted by Crippen LogP contribution is -2.20. The largest absolute Gasteiger partial charge is 0.326 e. The number of hydrogen-bond acceptors (Lipinski definition) is 3. The summed E-state index contributed by atoms with van der Waals surface area (Å²) in [5, 5.41) is 7.18. The van der Waals surface area contributed by atoms with Crippen LogP contribution in [0.3, 0.4) is 0 Å². The average molecular weight is 370 g/mol. The fourth-order valence-corrected chi connectivity index (χ4v) is 2.36. The standard InChI is InChI=1S/C20H20ClN3O2/c1-15-14-17(21)9-10-18(15)23-19(25)11-12-20(26)24-22-13-5-8-16-6-3-2-4-7-16/h2-10,13-14H,11-12H2,1H3,(H,23,25)(H,24,26)/b8-5+,22-13+. The molecule has 0 radical (unpaired) electrons. The van der Waals surface area contributed by atoms with Crippen molar-refractivity contribution in [2.75, 3.05) is 5.32 Å². The number of hydrogen-bond donors (Lipinski definition) is 2. The van der Waals surface area contributed by atoms with Crippen LogP contribution in [-0.4, -0.2) is 18.0 Å². The lowest BCUT2D eigenvalue weighted by Gasteiger charge is -2.08. The van der Waals surface area contributed by atoms with Gasteiger partial charge in [-0.2, -0.15) is 5.10 Å². The van der Waals surface area contributed by atoms with Crippen molar-refractivity contribution in [2.45, 2.75) is 19.8 Å². The number of halogens is 1. The van der Waals surface area contributed by atoms with Crippen LogP contribution in [0.1, 0.15) is 24.0 Å². The summed E-state index contributed by atoms with van der Waals surface area (Å²) in [7, 11) is 0. The fraction of sp³-hybridized carbons (Fsp3) is 0.150. The van der Waals surface area contributed by atoms with Crippen molar-refractivity contribution in [1.29, 1.82) is 0 Å². The number of anilines is 1. The van der Waals surface area contributed by atoms with Gasteiger partial charge in [0.2, 0.25) is 11.8 Å². The normalized spacial score (nSPS) is 11.0. The summed E-state index contributed by atoms with van der Waals surface area (Å²) in [5.74, 6) is -0.559. The first kappa shape index (κ1) is 19.4. The molecule has 0 aromatic heterocycles. The van der Waals surface area contributed by atoms with Gasteiger partial charge < -0.3 is 5.32 Å². The van der Waals surface area contributed by atoms with Crippen molar-refractivity contribution >= 4 is 41.4 Å². The summed E-state index contributed by atoms with van der Waals surface area (Å²) >= 11 is 5.88. The van der Waals surface area contributed by atoms with Crippen LogP contribution < -0.4 is 10.7 Å². The van der Waals surface area contributed by atoms with E-state index >= 15 is 0 Å². The second-order valence-electron chi connectivity index (χ2n) is 5.59. The molecular formula is C20H20ClN3O2. The molecule has 2 amide bonds. The quantitative estimate of drug-likeness (QED) is 0.567. The monoisotopic (exact) mass is 369 g/mol. The third-order valence-corrected chi connectivity index (χ3v) is 3.71. The van der Waals surface area contributed by atoms with Gasteiger partial charge in [0.25, 0.3) is 0 Å². The highest BCUT2D eigenvalue weighted by Crippen LogP contribution is 2.19. The van der Waals surface area contributed by atoms with Crippen molar-refractivity contribution in [2.24, 2.45) is 5.10 Å². The van der Waals surface area contributed by atoms with Crippen LogP contribution in [0.2, 0.25) is 5.02 Å². The second-order valence-corrected chi connectivity index (χ2v) is 6.03. The molecule has 0 saturated carbocycles. The first-order valence-electron chi connectivity index (χ1n) is 8.14. The van der Waals surface area contributed by atoms with Gasteiger partial charge in [-0.1, -0.05) is 48.0 Å². The number of benzene rings is 2. The van der Waals surface area contributed by atoms with Gasteiger partial charge in [-0.3, -0.25) is 9.59 Å². The molecule has 0 saturated heterocycles. The van der Waals surface area contributed by atoms with Gasteiger partial charge in [-0.05, 0) is 42.3 Å². The molecule has 0 aliphatic carbocycles. The number of allylic oxidation sites excluding steroid dienone is 1. The lowest BCUT2D eigenvalue weighted by atomic mass is 10.2. The Bertz CT molecular complexity index is 817. The SMILES string of the molecule is Cc1cc(Cl)ccc1NC(=O)CCC(=O)N/N=C/C=C/c1ccccc1. The summed E-state index contributed by atoms with van der Waals surface area (Å²) in [5.41, 5.74) is 4.98. The van der Waals surface area contributed by atoms with Crippen LogP contribution in [-0.2, 0) is 9.59 Å². The van der Waals surface area contributed by atoms with Crippen LogP contribution in [0.4, 0.5) is 5.69 Å². The zero-order valence-corrected chi connectivity index (χ0v) is 15.2. The molecule has 26 heavy (non-hydrogen) atoms. The van der Waals surface area contributed by atoms with Crippen molar-refractivity contribution in [3.63, 3.8) is 0 Å². The van der Waals surface area contributed by atoms with Gasteiger partial charge in [0, 0.05) is 29.8 Å². The average Bonchev–Trinajstić information content (AvgIpc) is 2.63. The third kappa shape index (κ3) is 6.91. The molecular weight excluding hydrogens is 350 g/mol. The van der Waals surface area contributed by atoms with Crippen molar-refractivity contribution in [1.82, 2.24) is 5.43 Å². The molecule has 2 aromatic carbocycles. The fourth-order valence-electron chi connectivity index (χ4n) is 2.13. The predicted octanol–water partition coefficient (Wildman–Crippen LogP) is 4.18. The molecule has 0 heterocycles.